The van der Waals surface area contributed by atoms with Crippen LogP contribution in [-0.2, 0) is 9.59 Å². The molecule has 5 nitrogen and oxygen atoms in total. The smallest absolute Gasteiger partial charge is 0.228 e. The Morgan fingerprint density at radius 2 is 1.87 bits per heavy atom. The molecule has 2 rings (SSSR count). The number of anilines is 1. The summed E-state index contributed by atoms with van der Waals surface area (Å²) in [5.74, 6) is -0.403. The summed E-state index contributed by atoms with van der Waals surface area (Å²) < 4.78 is 0. The lowest BCUT2D eigenvalue weighted by Crippen LogP contribution is -2.30. The molecule has 0 saturated heterocycles. The van der Waals surface area contributed by atoms with Crippen molar-refractivity contribution in [2.75, 3.05) is 32.5 Å². The van der Waals surface area contributed by atoms with Crippen LogP contribution in [0.5, 0.6) is 0 Å². The van der Waals surface area contributed by atoms with Crippen LogP contribution in [0.15, 0.2) is 18.2 Å². The second-order valence-electron chi connectivity index (χ2n) is 6.70. The largest absolute Gasteiger partial charge is 0.356 e. The Morgan fingerprint density at radius 3 is 2.52 bits per heavy atom. The summed E-state index contributed by atoms with van der Waals surface area (Å²) in [6.45, 7) is 5.61. The van der Waals surface area contributed by atoms with Crippen LogP contribution < -0.4 is 10.6 Å². The highest BCUT2D eigenvalue weighted by molar-refractivity contribution is 5.99. The molecule has 5 heteroatoms. The molecule has 1 aliphatic rings. The van der Waals surface area contributed by atoms with Gasteiger partial charge in [-0.05, 0) is 59.0 Å². The first-order valence-corrected chi connectivity index (χ1v) is 8.19. The Bertz CT molecular complexity index is 584. The van der Waals surface area contributed by atoms with Gasteiger partial charge in [0.05, 0.1) is 11.8 Å². The predicted octanol–water partition coefficient (Wildman–Crippen LogP) is 1.95. The molecule has 2 amide bonds. The molecule has 1 saturated carbocycles. The molecule has 126 valence electrons. The van der Waals surface area contributed by atoms with E-state index in [2.05, 4.69) is 15.5 Å². The van der Waals surface area contributed by atoms with Crippen LogP contribution in [0, 0.1) is 25.7 Å². The molecule has 2 N–H and O–H groups in total. The van der Waals surface area contributed by atoms with Crippen LogP contribution in [0.3, 0.4) is 0 Å². The van der Waals surface area contributed by atoms with Crippen molar-refractivity contribution in [3.8, 4) is 0 Å². The van der Waals surface area contributed by atoms with Gasteiger partial charge < -0.3 is 15.5 Å². The third-order valence-corrected chi connectivity index (χ3v) is 4.19. The minimum absolute atomic E-state index is 0.00420. The van der Waals surface area contributed by atoms with Crippen molar-refractivity contribution in [2.45, 2.75) is 26.7 Å². The van der Waals surface area contributed by atoms with Gasteiger partial charge in [0, 0.05) is 12.2 Å². The molecule has 2 atom stereocenters. The molecular weight excluding hydrogens is 290 g/mol. The second-order valence-corrected chi connectivity index (χ2v) is 6.70. The van der Waals surface area contributed by atoms with Gasteiger partial charge in [-0.25, -0.2) is 0 Å². The van der Waals surface area contributed by atoms with Crippen LogP contribution in [-0.4, -0.2) is 43.9 Å². The van der Waals surface area contributed by atoms with Gasteiger partial charge in [-0.3, -0.25) is 9.59 Å². The van der Waals surface area contributed by atoms with E-state index >= 15 is 0 Å². The van der Waals surface area contributed by atoms with Crippen molar-refractivity contribution >= 4 is 17.5 Å². The van der Waals surface area contributed by atoms with Crippen molar-refractivity contribution in [3.05, 3.63) is 29.3 Å². The van der Waals surface area contributed by atoms with Crippen molar-refractivity contribution < 1.29 is 9.59 Å². The Balaban J connectivity index is 1.76. The molecule has 0 bridgehead atoms. The molecule has 1 aromatic rings. The highest BCUT2D eigenvalue weighted by atomic mass is 16.2. The minimum Gasteiger partial charge on any atom is -0.356 e. The zero-order chi connectivity index (χ0) is 17.0. The lowest BCUT2D eigenvalue weighted by Gasteiger charge is -2.10. The van der Waals surface area contributed by atoms with Gasteiger partial charge in [0.25, 0.3) is 0 Å². The fourth-order valence-corrected chi connectivity index (χ4v) is 2.69. The zero-order valence-electron chi connectivity index (χ0n) is 14.5. The predicted molar refractivity (Wildman–Crippen MR) is 92.3 cm³/mol. The van der Waals surface area contributed by atoms with Gasteiger partial charge in [-0.1, -0.05) is 17.7 Å². The van der Waals surface area contributed by atoms with E-state index in [0.29, 0.717) is 13.0 Å². The van der Waals surface area contributed by atoms with Gasteiger partial charge in [-0.2, -0.15) is 0 Å². The van der Waals surface area contributed by atoms with Gasteiger partial charge >= 0.3 is 0 Å². The summed E-state index contributed by atoms with van der Waals surface area (Å²) in [6.07, 6.45) is 1.57. The summed E-state index contributed by atoms with van der Waals surface area (Å²) >= 11 is 0. The minimum atomic E-state index is -0.190. The number of benzene rings is 1. The molecule has 0 radical (unpaired) electrons. The number of carbonyl (C=O) groups excluding carboxylic acids is 2. The summed E-state index contributed by atoms with van der Waals surface area (Å²) in [4.78, 5) is 26.4. The fraction of sp³-hybridized carbons (Fsp3) is 0.556. The van der Waals surface area contributed by atoms with Crippen LogP contribution >= 0.6 is 0 Å². The lowest BCUT2D eigenvalue weighted by atomic mass is 10.1. The summed E-state index contributed by atoms with van der Waals surface area (Å²) in [5, 5.41) is 5.86. The molecule has 0 spiro atoms. The Kier molecular flexibility index (Phi) is 5.77. The van der Waals surface area contributed by atoms with E-state index in [4.69, 9.17) is 0 Å². The maximum Gasteiger partial charge on any atom is 0.228 e. The molecule has 1 aromatic carbocycles. The first-order chi connectivity index (χ1) is 10.9. The average molecular weight is 317 g/mol. The summed E-state index contributed by atoms with van der Waals surface area (Å²) in [7, 11) is 4.02. The Morgan fingerprint density at radius 1 is 1.17 bits per heavy atom. The van der Waals surface area contributed by atoms with E-state index in [0.717, 1.165) is 24.2 Å². The third kappa shape index (κ3) is 5.06. The number of carbonyl (C=O) groups is 2. The molecule has 23 heavy (non-hydrogen) atoms. The summed E-state index contributed by atoms with van der Waals surface area (Å²) in [6, 6.07) is 5.93. The second kappa shape index (κ2) is 7.59. The summed E-state index contributed by atoms with van der Waals surface area (Å²) in [5.41, 5.74) is 3.04. The molecular formula is C18H27N3O2. The Hall–Kier alpha value is -1.88. The van der Waals surface area contributed by atoms with E-state index in [1.165, 1.54) is 5.56 Å². The SMILES string of the molecule is Cc1ccc(NC(=O)C2CC2C(=O)NCCCN(C)C)c(C)c1. The Labute approximate surface area is 138 Å². The zero-order valence-corrected chi connectivity index (χ0v) is 14.5. The van der Waals surface area contributed by atoms with E-state index in [9.17, 15) is 9.59 Å². The first-order valence-electron chi connectivity index (χ1n) is 8.19. The maximum atomic E-state index is 12.2. The highest BCUT2D eigenvalue weighted by Gasteiger charge is 2.47. The van der Waals surface area contributed by atoms with E-state index < -0.39 is 0 Å². The molecule has 0 aromatic heterocycles. The van der Waals surface area contributed by atoms with E-state index in [1.54, 1.807) is 0 Å². The van der Waals surface area contributed by atoms with Crippen LogP contribution in [0.25, 0.3) is 0 Å². The standard InChI is InChI=1S/C18H27N3O2/c1-12-6-7-16(13(2)10-12)20-18(23)15-11-14(15)17(22)19-8-5-9-21(3)4/h6-7,10,14-15H,5,8-9,11H2,1-4H3,(H,19,22)(H,20,23). The number of nitrogens with one attached hydrogen (secondary N) is 2. The van der Waals surface area contributed by atoms with Crippen LogP contribution in [0.2, 0.25) is 0 Å². The number of rotatable bonds is 7. The van der Waals surface area contributed by atoms with Crippen molar-refractivity contribution in [3.63, 3.8) is 0 Å². The molecule has 2 unspecified atom stereocenters. The van der Waals surface area contributed by atoms with Crippen molar-refractivity contribution in [1.29, 1.82) is 0 Å². The maximum absolute atomic E-state index is 12.2. The lowest BCUT2D eigenvalue weighted by molar-refractivity contribution is -0.125. The van der Waals surface area contributed by atoms with Crippen molar-refractivity contribution in [1.82, 2.24) is 10.2 Å². The quantitative estimate of drug-likeness (QED) is 0.756. The third-order valence-electron chi connectivity index (χ3n) is 4.19. The van der Waals surface area contributed by atoms with Gasteiger partial charge in [0.2, 0.25) is 11.8 Å². The van der Waals surface area contributed by atoms with Crippen LogP contribution in [0.1, 0.15) is 24.0 Å². The van der Waals surface area contributed by atoms with Gasteiger partial charge in [0.1, 0.15) is 0 Å². The van der Waals surface area contributed by atoms with Crippen molar-refractivity contribution in [2.24, 2.45) is 11.8 Å². The number of hydrogen-bond donors (Lipinski definition) is 2. The monoisotopic (exact) mass is 317 g/mol. The normalized spacial score (nSPS) is 19.5. The molecule has 0 aliphatic heterocycles. The van der Waals surface area contributed by atoms with Gasteiger partial charge in [-0.15, -0.1) is 0 Å². The fourth-order valence-electron chi connectivity index (χ4n) is 2.69. The number of nitrogens with zero attached hydrogens (tertiary/aromatic N) is 1. The number of hydrogen-bond acceptors (Lipinski definition) is 3. The first kappa shape index (κ1) is 17.5. The van der Waals surface area contributed by atoms with Crippen LogP contribution in [0.4, 0.5) is 5.69 Å². The van der Waals surface area contributed by atoms with Gasteiger partial charge in [0.15, 0.2) is 0 Å². The average Bonchev–Trinajstić information content (AvgIpc) is 3.26. The number of aryl methyl sites for hydroxylation is 2. The molecule has 1 aliphatic carbocycles. The highest BCUT2D eigenvalue weighted by Crippen LogP contribution is 2.39. The molecule has 0 heterocycles. The van der Waals surface area contributed by atoms with E-state index in [1.807, 2.05) is 46.1 Å². The topological polar surface area (TPSA) is 61.4 Å². The molecule has 1 fully saturated rings. The van der Waals surface area contributed by atoms with E-state index in [-0.39, 0.29) is 23.7 Å². The number of amides is 2.